The smallest absolute Gasteiger partial charge is 0.344 e. The van der Waals surface area contributed by atoms with Gasteiger partial charge in [0.05, 0.1) is 13.7 Å². The van der Waals surface area contributed by atoms with Gasteiger partial charge in [0.1, 0.15) is 17.1 Å². The van der Waals surface area contributed by atoms with Crippen LogP contribution >= 0.6 is 0 Å². The predicted molar refractivity (Wildman–Crippen MR) is 119 cm³/mol. The van der Waals surface area contributed by atoms with Crippen LogP contribution in [0.4, 0.5) is 9.18 Å². The molecule has 0 radical (unpaired) electrons. The Balaban J connectivity index is 1.39. The second-order valence-electron chi connectivity index (χ2n) is 8.56. The van der Waals surface area contributed by atoms with Gasteiger partial charge in [0.2, 0.25) is 0 Å². The molecule has 0 spiro atoms. The number of ether oxygens (including phenoxy) is 1. The van der Waals surface area contributed by atoms with E-state index in [-0.39, 0.29) is 18.4 Å². The molecule has 8 nitrogen and oxygen atoms in total. The maximum Gasteiger partial charge on any atom is 0.344 e. The molecule has 0 saturated carbocycles. The Kier molecular flexibility index (Phi) is 6.33. The number of amides is 4. The summed E-state index contributed by atoms with van der Waals surface area (Å²) in [4.78, 5) is 40.3. The zero-order valence-electron chi connectivity index (χ0n) is 18.6. The van der Waals surface area contributed by atoms with Gasteiger partial charge >= 0.3 is 6.03 Å². The second kappa shape index (κ2) is 9.19. The number of hydrazine groups is 1. The monoisotopic (exact) mass is 454 g/mol. The summed E-state index contributed by atoms with van der Waals surface area (Å²) in [5, 5.41) is 3.40. The number of methoxy groups -OCH3 is 1. The fraction of sp³-hybridized carbons (Fsp3) is 0.375. The van der Waals surface area contributed by atoms with Gasteiger partial charge in [0, 0.05) is 6.04 Å². The molecule has 2 aliphatic rings. The molecule has 2 fully saturated rings. The van der Waals surface area contributed by atoms with Gasteiger partial charge in [-0.25, -0.2) is 9.18 Å². The largest absolute Gasteiger partial charge is 0.497 e. The minimum atomic E-state index is -1.30. The molecule has 2 aromatic carbocycles. The first kappa shape index (κ1) is 22.7. The van der Waals surface area contributed by atoms with Gasteiger partial charge in [-0.15, -0.1) is 0 Å². The van der Waals surface area contributed by atoms with Crippen molar-refractivity contribution in [3.05, 3.63) is 65.5 Å². The minimum absolute atomic E-state index is 0.0380. The topological polar surface area (TPSA) is 91.0 Å². The van der Waals surface area contributed by atoms with Crippen molar-refractivity contribution in [1.82, 2.24) is 20.7 Å². The fourth-order valence-electron chi connectivity index (χ4n) is 4.48. The lowest BCUT2D eigenvalue weighted by atomic mass is 9.92. The Labute approximate surface area is 191 Å². The Hall–Kier alpha value is -3.46. The van der Waals surface area contributed by atoms with Gasteiger partial charge in [-0.1, -0.05) is 24.3 Å². The molecule has 2 atom stereocenters. The molecule has 0 aliphatic carbocycles. The molecule has 33 heavy (non-hydrogen) atoms. The Bertz CT molecular complexity index is 1060. The lowest BCUT2D eigenvalue weighted by molar-refractivity contribution is -0.139. The summed E-state index contributed by atoms with van der Waals surface area (Å²) in [6.45, 7) is 2.35. The third-order valence-electron chi connectivity index (χ3n) is 6.30. The molecule has 2 aromatic rings. The van der Waals surface area contributed by atoms with Crippen molar-refractivity contribution in [1.29, 1.82) is 0 Å². The van der Waals surface area contributed by atoms with E-state index >= 15 is 0 Å². The number of hydrogen-bond acceptors (Lipinski definition) is 5. The number of carbonyl (C=O) groups excluding carboxylic acids is 3. The summed E-state index contributed by atoms with van der Waals surface area (Å²) >= 11 is 0. The molecule has 0 bridgehead atoms. The molecule has 9 heteroatoms. The van der Waals surface area contributed by atoms with Crippen molar-refractivity contribution in [3.8, 4) is 5.75 Å². The molecule has 2 aliphatic heterocycles. The Morgan fingerprint density at radius 1 is 1.24 bits per heavy atom. The number of likely N-dealkylation sites (tertiary alicyclic amines) is 1. The van der Waals surface area contributed by atoms with Crippen LogP contribution in [0.15, 0.2) is 48.5 Å². The first-order chi connectivity index (χ1) is 15.8. The van der Waals surface area contributed by atoms with Crippen LogP contribution in [0.1, 0.15) is 30.9 Å². The second-order valence-corrected chi connectivity index (χ2v) is 8.56. The fourth-order valence-corrected chi connectivity index (χ4v) is 4.48. The van der Waals surface area contributed by atoms with Crippen molar-refractivity contribution in [2.24, 2.45) is 0 Å². The number of urea groups is 1. The minimum Gasteiger partial charge on any atom is -0.497 e. The van der Waals surface area contributed by atoms with Gasteiger partial charge < -0.3 is 10.1 Å². The number of nitrogens with one attached hydrogen (secondary N) is 2. The van der Waals surface area contributed by atoms with E-state index < -0.39 is 23.4 Å². The third-order valence-corrected chi connectivity index (χ3v) is 6.30. The van der Waals surface area contributed by atoms with Crippen LogP contribution in [0.2, 0.25) is 0 Å². The van der Waals surface area contributed by atoms with Crippen LogP contribution in [-0.2, 0) is 21.5 Å². The average Bonchev–Trinajstić information content (AvgIpc) is 3.31. The standard InChI is InChI=1S/C24H27FN4O4/c1-24(17-8-10-20(33-2)11-9-17)22(31)29(23(32)26-24)27-21(30)15-28-12-4-7-19(28)14-16-5-3-6-18(25)13-16/h3,5-6,8-11,13,19H,4,7,12,14-15H2,1-2H3,(H,26,32)(H,27,30). The van der Waals surface area contributed by atoms with E-state index in [0.717, 1.165) is 30.0 Å². The van der Waals surface area contributed by atoms with E-state index in [0.29, 0.717) is 17.7 Å². The SMILES string of the molecule is COc1ccc(C2(C)NC(=O)N(NC(=O)CN3CCCC3Cc3cccc(F)c3)C2=O)cc1. The highest BCUT2D eigenvalue weighted by molar-refractivity contribution is 6.08. The molecule has 4 rings (SSSR count). The average molecular weight is 455 g/mol. The summed E-state index contributed by atoms with van der Waals surface area (Å²) in [5.41, 5.74) is 2.60. The molecule has 4 amide bonds. The van der Waals surface area contributed by atoms with Crippen LogP contribution < -0.4 is 15.5 Å². The molecule has 2 unspecified atom stereocenters. The van der Waals surface area contributed by atoms with Gasteiger partial charge in [-0.2, -0.15) is 5.01 Å². The van der Waals surface area contributed by atoms with Crippen molar-refractivity contribution in [3.63, 3.8) is 0 Å². The lowest BCUT2D eigenvalue weighted by Crippen LogP contribution is -2.51. The lowest BCUT2D eigenvalue weighted by Gasteiger charge is -2.25. The number of benzene rings is 2. The highest BCUT2D eigenvalue weighted by Crippen LogP contribution is 2.29. The van der Waals surface area contributed by atoms with Gasteiger partial charge in [-0.3, -0.25) is 19.9 Å². The summed E-state index contributed by atoms with van der Waals surface area (Å²) in [6.07, 6.45) is 2.44. The molecular weight excluding hydrogens is 427 g/mol. The Morgan fingerprint density at radius 3 is 2.70 bits per heavy atom. The van der Waals surface area contributed by atoms with E-state index in [1.54, 1.807) is 44.4 Å². The van der Waals surface area contributed by atoms with Crippen molar-refractivity contribution in [2.45, 2.75) is 37.8 Å². The number of imide groups is 1. The van der Waals surface area contributed by atoms with Crippen molar-refractivity contribution >= 4 is 17.8 Å². The van der Waals surface area contributed by atoms with E-state index in [4.69, 9.17) is 4.74 Å². The van der Waals surface area contributed by atoms with Crippen LogP contribution in [0.5, 0.6) is 5.75 Å². The first-order valence-electron chi connectivity index (χ1n) is 10.9. The number of carbonyl (C=O) groups is 3. The summed E-state index contributed by atoms with van der Waals surface area (Å²) in [5.74, 6) is -0.677. The number of halogens is 1. The van der Waals surface area contributed by atoms with Gasteiger partial charge in [0.15, 0.2) is 0 Å². The zero-order chi connectivity index (χ0) is 23.6. The summed E-state index contributed by atoms with van der Waals surface area (Å²) in [7, 11) is 1.54. The van der Waals surface area contributed by atoms with E-state index in [1.807, 2.05) is 11.0 Å². The molecular formula is C24H27FN4O4. The van der Waals surface area contributed by atoms with Crippen molar-refractivity contribution < 1.29 is 23.5 Å². The highest BCUT2D eigenvalue weighted by Gasteiger charge is 2.50. The molecule has 2 saturated heterocycles. The zero-order valence-corrected chi connectivity index (χ0v) is 18.6. The first-order valence-corrected chi connectivity index (χ1v) is 10.9. The van der Waals surface area contributed by atoms with Crippen molar-refractivity contribution in [2.75, 3.05) is 20.2 Å². The molecule has 0 aromatic heterocycles. The van der Waals surface area contributed by atoms with Crippen LogP contribution in [0.25, 0.3) is 0 Å². The maximum absolute atomic E-state index is 13.5. The molecule has 174 valence electrons. The van der Waals surface area contributed by atoms with E-state index in [1.165, 1.54) is 12.1 Å². The number of hydrogen-bond donors (Lipinski definition) is 2. The quantitative estimate of drug-likeness (QED) is 0.627. The number of rotatable bonds is 7. The van der Waals surface area contributed by atoms with Gasteiger partial charge in [0.25, 0.3) is 11.8 Å². The third kappa shape index (κ3) is 4.68. The summed E-state index contributed by atoms with van der Waals surface area (Å²) < 4.78 is 18.7. The Morgan fingerprint density at radius 2 is 2.00 bits per heavy atom. The normalized spacial score (nSPS) is 23.0. The molecule has 2 N–H and O–H groups in total. The van der Waals surface area contributed by atoms with E-state index in [9.17, 15) is 18.8 Å². The number of nitrogens with zero attached hydrogens (tertiary/aromatic N) is 2. The predicted octanol–water partition coefficient (Wildman–Crippen LogP) is 2.34. The molecule has 2 heterocycles. The highest BCUT2D eigenvalue weighted by atomic mass is 19.1. The summed E-state index contributed by atoms with van der Waals surface area (Å²) in [6, 6.07) is 12.6. The van der Waals surface area contributed by atoms with Crippen LogP contribution in [0, 0.1) is 5.82 Å². The van der Waals surface area contributed by atoms with Crippen LogP contribution in [-0.4, -0.2) is 54.0 Å². The maximum atomic E-state index is 13.5. The van der Waals surface area contributed by atoms with Crippen LogP contribution in [0.3, 0.4) is 0 Å². The van der Waals surface area contributed by atoms with E-state index in [2.05, 4.69) is 10.7 Å². The van der Waals surface area contributed by atoms with Gasteiger partial charge in [-0.05, 0) is 68.1 Å².